The fourth-order valence-electron chi connectivity index (χ4n) is 2.19. The molecule has 25 heavy (non-hydrogen) atoms. The molecule has 0 aliphatic carbocycles. The van der Waals surface area contributed by atoms with E-state index in [1.165, 1.54) is 18.2 Å². The van der Waals surface area contributed by atoms with Gasteiger partial charge in [-0.25, -0.2) is 9.37 Å². The minimum atomic E-state index is -0.447. The van der Waals surface area contributed by atoms with E-state index in [1.54, 1.807) is 35.2 Å². The van der Waals surface area contributed by atoms with E-state index in [1.807, 2.05) is 24.4 Å². The molecule has 3 rings (SSSR count). The molecule has 0 saturated carbocycles. The molecule has 0 aliphatic heterocycles. The lowest BCUT2D eigenvalue weighted by Gasteiger charge is -2.10. The Bertz CT molecular complexity index is 914. The number of aromatic nitrogens is 1. The second-order valence-electron chi connectivity index (χ2n) is 5.22. The standard InChI is InChI=1S/C18H14ClFN2OS2/c1-11-21-13(9-24-11)10-25-17-5-3-2-4-14(17)18(23)22-16-7-6-12(20)8-15(16)19/h2-9H,10H2,1H3,(H,22,23). The normalized spacial score (nSPS) is 10.7. The molecule has 0 radical (unpaired) electrons. The monoisotopic (exact) mass is 392 g/mol. The summed E-state index contributed by atoms with van der Waals surface area (Å²) in [6, 6.07) is 11.2. The van der Waals surface area contributed by atoms with E-state index in [4.69, 9.17) is 11.6 Å². The highest BCUT2D eigenvalue weighted by Gasteiger charge is 2.14. The molecular weight excluding hydrogens is 379 g/mol. The first-order chi connectivity index (χ1) is 12.0. The fraction of sp³-hybridized carbons (Fsp3) is 0.111. The predicted octanol–water partition coefficient (Wildman–Crippen LogP) is 5.79. The van der Waals surface area contributed by atoms with Crippen molar-refractivity contribution in [2.75, 3.05) is 5.32 Å². The van der Waals surface area contributed by atoms with Crippen molar-refractivity contribution in [2.24, 2.45) is 0 Å². The van der Waals surface area contributed by atoms with Crippen LogP contribution in [0.5, 0.6) is 0 Å². The number of hydrogen-bond donors (Lipinski definition) is 1. The van der Waals surface area contributed by atoms with Crippen LogP contribution in [-0.4, -0.2) is 10.9 Å². The minimum absolute atomic E-state index is 0.163. The molecule has 7 heteroatoms. The highest BCUT2D eigenvalue weighted by Crippen LogP contribution is 2.28. The minimum Gasteiger partial charge on any atom is -0.321 e. The Morgan fingerprint density at radius 3 is 2.84 bits per heavy atom. The summed E-state index contributed by atoms with van der Waals surface area (Å²) in [7, 11) is 0. The van der Waals surface area contributed by atoms with Crippen LogP contribution >= 0.6 is 34.7 Å². The number of carbonyl (C=O) groups is 1. The molecule has 1 amide bonds. The maximum atomic E-state index is 13.1. The van der Waals surface area contributed by atoms with Crippen molar-refractivity contribution in [3.8, 4) is 0 Å². The molecule has 128 valence electrons. The number of anilines is 1. The number of thioether (sulfide) groups is 1. The average Bonchev–Trinajstić information content (AvgIpc) is 3.01. The first-order valence-corrected chi connectivity index (χ1v) is 9.66. The zero-order valence-corrected chi connectivity index (χ0v) is 15.6. The van der Waals surface area contributed by atoms with Crippen molar-refractivity contribution in [2.45, 2.75) is 17.6 Å². The summed E-state index contributed by atoms with van der Waals surface area (Å²) in [4.78, 5) is 17.9. The van der Waals surface area contributed by atoms with Crippen molar-refractivity contribution in [1.82, 2.24) is 4.98 Å². The summed E-state index contributed by atoms with van der Waals surface area (Å²) >= 11 is 9.13. The number of nitrogens with one attached hydrogen (secondary N) is 1. The number of thiazole rings is 1. The topological polar surface area (TPSA) is 42.0 Å². The highest BCUT2D eigenvalue weighted by molar-refractivity contribution is 7.98. The molecule has 1 N–H and O–H groups in total. The van der Waals surface area contributed by atoms with Gasteiger partial charge in [0.1, 0.15) is 5.82 Å². The van der Waals surface area contributed by atoms with Gasteiger partial charge in [-0.2, -0.15) is 0 Å². The number of rotatable bonds is 5. The average molecular weight is 393 g/mol. The van der Waals surface area contributed by atoms with Crippen LogP contribution < -0.4 is 5.32 Å². The Hall–Kier alpha value is -1.89. The van der Waals surface area contributed by atoms with Gasteiger partial charge in [-0.1, -0.05) is 23.7 Å². The van der Waals surface area contributed by atoms with Crippen LogP contribution in [0.2, 0.25) is 5.02 Å². The van der Waals surface area contributed by atoms with Gasteiger partial charge >= 0.3 is 0 Å². The lowest BCUT2D eigenvalue weighted by Crippen LogP contribution is -2.13. The Morgan fingerprint density at radius 2 is 2.12 bits per heavy atom. The zero-order chi connectivity index (χ0) is 17.8. The second-order valence-corrected chi connectivity index (χ2v) is 7.71. The van der Waals surface area contributed by atoms with E-state index in [2.05, 4.69) is 10.3 Å². The maximum Gasteiger partial charge on any atom is 0.256 e. The van der Waals surface area contributed by atoms with E-state index < -0.39 is 5.82 Å². The quantitative estimate of drug-likeness (QED) is 0.559. The van der Waals surface area contributed by atoms with Crippen LogP contribution in [0.25, 0.3) is 0 Å². The summed E-state index contributed by atoms with van der Waals surface area (Å²) in [6.07, 6.45) is 0. The SMILES string of the molecule is Cc1nc(CSc2ccccc2C(=O)Nc2ccc(F)cc2Cl)cs1. The van der Waals surface area contributed by atoms with Crippen LogP contribution in [0.15, 0.2) is 52.7 Å². The third kappa shape index (κ3) is 4.60. The van der Waals surface area contributed by atoms with Gasteiger partial charge in [0, 0.05) is 16.0 Å². The molecule has 3 aromatic rings. The van der Waals surface area contributed by atoms with E-state index in [9.17, 15) is 9.18 Å². The number of nitrogens with zero attached hydrogens (tertiary/aromatic N) is 1. The summed E-state index contributed by atoms with van der Waals surface area (Å²) < 4.78 is 13.1. The summed E-state index contributed by atoms with van der Waals surface area (Å²) in [5.41, 5.74) is 1.91. The second kappa shape index (κ2) is 7.99. The van der Waals surface area contributed by atoms with Crippen molar-refractivity contribution in [1.29, 1.82) is 0 Å². The van der Waals surface area contributed by atoms with E-state index in [-0.39, 0.29) is 10.9 Å². The number of amides is 1. The van der Waals surface area contributed by atoms with Gasteiger partial charge in [0.25, 0.3) is 5.91 Å². The van der Waals surface area contributed by atoms with Crippen LogP contribution in [0.1, 0.15) is 21.1 Å². The molecule has 0 spiro atoms. The first kappa shape index (κ1) is 17.9. The van der Waals surface area contributed by atoms with Gasteiger partial charge in [-0.05, 0) is 37.3 Å². The molecule has 1 aromatic heterocycles. The number of benzene rings is 2. The molecule has 0 bridgehead atoms. The van der Waals surface area contributed by atoms with Crippen LogP contribution in [-0.2, 0) is 5.75 Å². The molecule has 3 nitrogen and oxygen atoms in total. The number of hydrogen-bond acceptors (Lipinski definition) is 4. The van der Waals surface area contributed by atoms with Gasteiger partial charge in [0.2, 0.25) is 0 Å². The van der Waals surface area contributed by atoms with E-state index >= 15 is 0 Å². The summed E-state index contributed by atoms with van der Waals surface area (Å²) in [6.45, 7) is 1.96. The zero-order valence-electron chi connectivity index (χ0n) is 13.3. The Morgan fingerprint density at radius 1 is 1.32 bits per heavy atom. The summed E-state index contributed by atoms with van der Waals surface area (Å²) in [5.74, 6) is -0.0464. The van der Waals surface area contributed by atoms with Gasteiger partial charge in [0.15, 0.2) is 0 Å². The van der Waals surface area contributed by atoms with Gasteiger partial charge < -0.3 is 5.32 Å². The number of halogens is 2. The first-order valence-electron chi connectivity index (χ1n) is 7.42. The van der Waals surface area contributed by atoms with Gasteiger partial charge in [0.05, 0.1) is 27.0 Å². The Balaban J connectivity index is 1.76. The molecule has 2 aromatic carbocycles. The van der Waals surface area contributed by atoms with Crippen molar-refractivity contribution < 1.29 is 9.18 Å². The maximum absolute atomic E-state index is 13.1. The lowest BCUT2D eigenvalue weighted by atomic mass is 10.2. The van der Waals surface area contributed by atoms with Crippen molar-refractivity contribution in [3.05, 3.63) is 74.9 Å². The molecule has 0 aliphatic rings. The van der Waals surface area contributed by atoms with Crippen LogP contribution in [0, 0.1) is 12.7 Å². The lowest BCUT2D eigenvalue weighted by molar-refractivity contribution is 0.102. The van der Waals surface area contributed by atoms with E-state index in [0.717, 1.165) is 15.6 Å². The van der Waals surface area contributed by atoms with Gasteiger partial charge in [-0.15, -0.1) is 23.1 Å². The van der Waals surface area contributed by atoms with Gasteiger partial charge in [-0.3, -0.25) is 4.79 Å². The van der Waals surface area contributed by atoms with Crippen LogP contribution in [0.4, 0.5) is 10.1 Å². The fourth-order valence-corrected chi connectivity index (χ4v) is 4.06. The number of carbonyl (C=O) groups excluding carboxylic acids is 1. The highest BCUT2D eigenvalue weighted by atomic mass is 35.5. The third-order valence-electron chi connectivity index (χ3n) is 3.35. The Kier molecular flexibility index (Phi) is 5.73. The van der Waals surface area contributed by atoms with Crippen molar-refractivity contribution >= 4 is 46.3 Å². The molecule has 0 unspecified atom stereocenters. The predicted molar refractivity (Wildman–Crippen MR) is 102 cm³/mol. The van der Waals surface area contributed by atoms with Crippen molar-refractivity contribution in [3.63, 3.8) is 0 Å². The van der Waals surface area contributed by atoms with E-state index in [0.29, 0.717) is 17.0 Å². The third-order valence-corrected chi connectivity index (χ3v) is 5.60. The largest absolute Gasteiger partial charge is 0.321 e. The molecule has 0 atom stereocenters. The Labute approximate surface area is 158 Å². The molecular formula is C18H14ClFN2OS2. The molecule has 0 fully saturated rings. The number of aryl methyl sites for hydroxylation is 1. The molecule has 1 heterocycles. The summed E-state index contributed by atoms with van der Waals surface area (Å²) in [5, 5.41) is 5.93. The molecule has 0 saturated heterocycles. The van der Waals surface area contributed by atoms with Crippen LogP contribution in [0.3, 0.4) is 0 Å². The smallest absolute Gasteiger partial charge is 0.256 e.